The van der Waals surface area contributed by atoms with Crippen molar-refractivity contribution in [1.29, 1.82) is 0 Å². The van der Waals surface area contributed by atoms with Gasteiger partial charge in [-0.2, -0.15) is 0 Å². The molecule has 126 valence electrons. The van der Waals surface area contributed by atoms with Gasteiger partial charge in [-0.15, -0.1) is 0 Å². The Morgan fingerprint density at radius 2 is 2.12 bits per heavy atom. The van der Waals surface area contributed by atoms with Crippen LogP contribution in [0.4, 0.5) is 0 Å². The Balaban J connectivity index is 2.71. The normalized spacial score (nSPS) is 10.5. The predicted molar refractivity (Wildman–Crippen MR) is 98.9 cm³/mol. The number of carbonyl (C=O) groups excluding carboxylic acids is 1. The highest BCUT2D eigenvalue weighted by molar-refractivity contribution is 7.71. The fourth-order valence-electron chi connectivity index (χ4n) is 2.62. The Morgan fingerprint density at radius 1 is 1.42 bits per heavy atom. The van der Waals surface area contributed by atoms with Gasteiger partial charge in [0.25, 0.3) is 0 Å². The van der Waals surface area contributed by atoms with Gasteiger partial charge < -0.3 is 14.8 Å². The Kier molecular flexibility index (Phi) is 5.57. The van der Waals surface area contributed by atoms with Crippen LogP contribution < -0.4 is 0 Å². The van der Waals surface area contributed by atoms with Gasteiger partial charge in [0.1, 0.15) is 5.56 Å². The van der Waals surface area contributed by atoms with Gasteiger partial charge in [0.15, 0.2) is 0 Å². The monoisotopic (exact) mass is 343 g/mol. The second-order valence-electron chi connectivity index (χ2n) is 5.38. The van der Waals surface area contributed by atoms with E-state index < -0.39 is 5.97 Å². The summed E-state index contributed by atoms with van der Waals surface area (Å²) in [6.45, 7) is 9.71. The summed E-state index contributed by atoms with van der Waals surface area (Å²) < 4.78 is 5.31. The van der Waals surface area contributed by atoms with Gasteiger partial charge in [-0.25, -0.2) is 4.79 Å². The van der Waals surface area contributed by atoms with E-state index in [0.29, 0.717) is 16.6 Å². The second kappa shape index (κ2) is 7.45. The first-order valence-electron chi connectivity index (χ1n) is 7.83. The molecular weight excluding hydrogens is 322 g/mol. The zero-order valence-corrected chi connectivity index (χ0v) is 14.9. The van der Waals surface area contributed by atoms with E-state index in [9.17, 15) is 9.90 Å². The number of aromatic amines is 1. The summed E-state index contributed by atoms with van der Waals surface area (Å²) in [5, 5.41) is 10.3. The predicted octanol–water partition coefficient (Wildman–Crippen LogP) is 4.81. The molecule has 1 heterocycles. The number of nitrogens with one attached hydrogen (secondary N) is 1. The van der Waals surface area contributed by atoms with Crippen LogP contribution in [0.15, 0.2) is 24.8 Å². The van der Waals surface area contributed by atoms with Crippen LogP contribution in [-0.2, 0) is 11.2 Å². The highest BCUT2D eigenvalue weighted by Crippen LogP contribution is 2.31. The van der Waals surface area contributed by atoms with E-state index >= 15 is 0 Å². The molecule has 0 aliphatic carbocycles. The highest BCUT2D eigenvalue weighted by atomic mass is 32.1. The molecule has 5 heteroatoms. The molecule has 0 aliphatic heterocycles. The Bertz CT molecular complexity index is 852. The molecule has 0 aliphatic rings. The van der Waals surface area contributed by atoms with Gasteiger partial charge >= 0.3 is 5.97 Å². The third-order valence-electron chi connectivity index (χ3n) is 3.90. The third kappa shape index (κ3) is 3.26. The molecule has 0 amide bonds. The lowest BCUT2D eigenvalue weighted by molar-refractivity contribution is 0.0521. The molecule has 4 nitrogen and oxygen atoms in total. The van der Waals surface area contributed by atoms with Crippen LogP contribution in [0.5, 0.6) is 5.88 Å². The number of benzene rings is 1. The SMILES string of the molecule is C=Cc1cc(-c2[nH]c(O)c(C(=O)OCC)c(=S)c2CC)ccc1C. The zero-order chi connectivity index (χ0) is 17.9. The topological polar surface area (TPSA) is 62.3 Å². The minimum Gasteiger partial charge on any atom is -0.494 e. The molecular formula is C19H21NO3S. The maximum absolute atomic E-state index is 12.1. The smallest absolute Gasteiger partial charge is 0.345 e. The van der Waals surface area contributed by atoms with Gasteiger partial charge in [0, 0.05) is 0 Å². The van der Waals surface area contributed by atoms with E-state index in [-0.39, 0.29) is 18.1 Å². The number of ether oxygens (including phenoxy) is 1. The van der Waals surface area contributed by atoms with Crippen LogP contribution in [0.1, 0.15) is 40.9 Å². The van der Waals surface area contributed by atoms with Crippen LogP contribution >= 0.6 is 12.2 Å². The summed E-state index contributed by atoms with van der Waals surface area (Å²) in [5.41, 5.74) is 4.51. The molecule has 0 saturated heterocycles. The molecule has 0 saturated carbocycles. The van der Waals surface area contributed by atoms with Gasteiger partial charge in [-0.1, -0.05) is 43.9 Å². The number of aryl methyl sites for hydroxylation is 1. The van der Waals surface area contributed by atoms with Crippen molar-refractivity contribution in [3.05, 3.63) is 51.5 Å². The summed E-state index contributed by atoms with van der Waals surface area (Å²) >= 11 is 5.44. The maximum Gasteiger partial charge on any atom is 0.345 e. The van der Waals surface area contributed by atoms with E-state index in [0.717, 1.165) is 22.3 Å². The van der Waals surface area contributed by atoms with Gasteiger partial charge in [-0.3, -0.25) is 0 Å². The lowest BCUT2D eigenvalue weighted by atomic mass is 9.98. The number of esters is 1. The molecule has 2 rings (SSSR count). The summed E-state index contributed by atoms with van der Waals surface area (Å²) in [5.74, 6) is -0.889. The fourth-order valence-corrected chi connectivity index (χ4v) is 3.05. The van der Waals surface area contributed by atoms with Gasteiger partial charge in [0.2, 0.25) is 5.88 Å². The van der Waals surface area contributed by atoms with Gasteiger partial charge in [0.05, 0.1) is 16.8 Å². The van der Waals surface area contributed by atoms with Crippen LogP contribution in [0, 0.1) is 11.4 Å². The second-order valence-corrected chi connectivity index (χ2v) is 5.79. The van der Waals surface area contributed by atoms with E-state index in [1.807, 2.05) is 32.0 Å². The first-order valence-corrected chi connectivity index (χ1v) is 8.24. The number of rotatable bonds is 5. The van der Waals surface area contributed by atoms with Crippen molar-refractivity contribution >= 4 is 24.3 Å². The molecule has 0 spiro atoms. The van der Waals surface area contributed by atoms with E-state index in [4.69, 9.17) is 17.0 Å². The first kappa shape index (κ1) is 17.9. The minimum absolute atomic E-state index is 0.0171. The number of pyridine rings is 1. The van der Waals surface area contributed by atoms with Crippen molar-refractivity contribution in [2.45, 2.75) is 27.2 Å². The Hall–Kier alpha value is -2.40. The van der Waals surface area contributed by atoms with Crippen molar-refractivity contribution < 1.29 is 14.6 Å². The molecule has 2 N–H and O–H groups in total. The number of hydrogen-bond donors (Lipinski definition) is 2. The molecule has 0 fully saturated rings. The van der Waals surface area contributed by atoms with Crippen LogP contribution in [-0.4, -0.2) is 22.7 Å². The number of H-pyrrole nitrogens is 1. The lowest BCUT2D eigenvalue weighted by Crippen LogP contribution is -2.09. The van der Waals surface area contributed by atoms with Crippen molar-refractivity contribution in [2.75, 3.05) is 6.61 Å². The largest absolute Gasteiger partial charge is 0.494 e. The van der Waals surface area contributed by atoms with Crippen LogP contribution in [0.25, 0.3) is 17.3 Å². The van der Waals surface area contributed by atoms with E-state index in [1.165, 1.54) is 0 Å². The summed E-state index contributed by atoms with van der Waals surface area (Å²) in [6.07, 6.45) is 2.40. The average molecular weight is 343 g/mol. The highest BCUT2D eigenvalue weighted by Gasteiger charge is 2.20. The average Bonchev–Trinajstić information content (AvgIpc) is 2.55. The van der Waals surface area contributed by atoms with Crippen LogP contribution in [0.3, 0.4) is 0 Å². The van der Waals surface area contributed by atoms with Crippen molar-refractivity contribution in [3.8, 4) is 17.1 Å². The molecule has 2 aromatic rings. The summed E-state index contributed by atoms with van der Waals surface area (Å²) in [6, 6.07) is 5.91. The fraction of sp³-hybridized carbons (Fsp3) is 0.263. The van der Waals surface area contributed by atoms with Crippen molar-refractivity contribution in [1.82, 2.24) is 4.98 Å². The van der Waals surface area contributed by atoms with Crippen LogP contribution in [0.2, 0.25) is 0 Å². The maximum atomic E-state index is 12.1. The number of aromatic hydroxyl groups is 1. The minimum atomic E-state index is -0.617. The van der Waals surface area contributed by atoms with E-state index in [2.05, 4.69) is 11.6 Å². The summed E-state index contributed by atoms with van der Waals surface area (Å²) in [7, 11) is 0. The quantitative estimate of drug-likeness (QED) is 0.604. The number of hydrogen-bond acceptors (Lipinski definition) is 4. The van der Waals surface area contributed by atoms with Crippen molar-refractivity contribution in [2.24, 2.45) is 0 Å². The molecule has 1 aromatic heterocycles. The number of carbonyl (C=O) groups is 1. The molecule has 0 atom stereocenters. The standard InChI is InChI=1S/C19H21NO3S/c1-5-12-10-13(9-8-11(12)4)16-14(6-2)17(24)15(18(21)20-16)19(22)23-7-3/h5,8-10H,1,6-7H2,2-4H3,(H2,20,21,24). The third-order valence-corrected chi connectivity index (χ3v) is 4.35. The van der Waals surface area contributed by atoms with Gasteiger partial charge in [-0.05, 0) is 48.6 Å². The molecule has 0 unspecified atom stereocenters. The molecule has 0 radical (unpaired) electrons. The zero-order valence-electron chi connectivity index (χ0n) is 14.1. The Labute approximate surface area is 146 Å². The number of aromatic nitrogens is 1. The lowest BCUT2D eigenvalue weighted by Gasteiger charge is -2.14. The Morgan fingerprint density at radius 3 is 2.71 bits per heavy atom. The molecule has 24 heavy (non-hydrogen) atoms. The molecule has 0 bridgehead atoms. The van der Waals surface area contributed by atoms with Crippen molar-refractivity contribution in [3.63, 3.8) is 0 Å². The summed E-state index contributed by atoms with van der Waals surface area (Å²) in [4.78, 5) is 15.0. The first-order chi connectivity index (χ1) is 11.4. The molecule has 1 aromatic carbocycles. The van der Waals surface area contributed by atoms with E-state index in [1.54, 1.807) is 13.0 Å².